The molecule has 0 radical (unpaired) electrons. The molecule has 3 aromatic rings. The molecule has 1 aromatic heterocycles. The van der Waals surface area contributed by atoms with Crippen molar-refractivity contribution in [1.82, 2.24) is 0 Å². The predicted molar refractivity (Wildman–Crippen MR) is 91.1 cm³/mol. The molecule has 116 valence electrons. The standard InChI is InChI=1S/C19H16O4/c1-4-13-16(21-2)11-17(22-3)18-14(20)10-15(23-19(13)18)12-8-6-5-7-9-12/h4-11H,1H2,2-3H3. The average Bonchev–Trinajstić information content (AvgIpc) is 2.60. The van der Waals surface area contributed by atoms with Crippen LogP contribution in [0.15, 0.2) is 58.3 Å². The van der Waals surface area contributed by atoms with Crippen LogP contribution >= 0.6 is 0 Å². The molecule has 1 heterocycles. The van der Waals surface area contributed by atoms with Gasteiger partial charge in [-0.25, -0.2) is 0 Å². The van der Waals surface area contributed by atoms with E-state index < -0.39 is 0 Å². The van der Waals surface area contributed by atoms with Crippen molar-refractivity contribution in [2.24, 2.45) is 0 Å². The second-order valence-electron chi connectivity index (χ2n) is 4.94. The quantitative estimate of drug-likeness (QED) is 0.727. The van der Waals surface area contributed by atoms with Gasteiger partial charge in [-0.3, -0.25) is 4.79 Å². The minimum atomic E-state index is -0.173. The Morgan fingerprint density at radius 3 is 2.35 bits per heavy atom. The Labute approximate surface area is 133 Å². The average molecular weight is 308 g/mol. The number of methoxy groups -OCH3 is 2. The maximum absolute atomic E-state index is 12.6. The van der Waals surface area contributed by atoms with E-state index in [-0.39, 0.29) is 5.43 Å². The van der Waals surface area contributed by atoms with Crippen molar-refractivity contribution in [3.63, 3.8) is 0 Å². The van der Waals surface area contributed by atoms with Gasteiger partial charge in [0.1, 0.15) is 22.6 Å². The molecule has 23 heavy (non-hydrogen) atoms. The lowest BCUT2D eigenvalue weighted by Crippen LogP contribution is -2.05. The van der Waals surface area contributed by atoms with Crippen LogP contribution in [-0.2, 0) is 0 Å². The number of benzene rings is 2. The number of hydrogen-bond donors (Lipinski definition) is 0. The van der Waals surface area contributed by atoms with E-state index in [2.05, 4.69) is 6.58 Å². The van der Waals surface area contributed by atoms with Crippen LogP contribution in [0, 0.1) is 0 Å². The summed E-state index contributed by atoms with van der Waals surface area (Å²) in [7, 11) is 3.05. The number of rotatable bonds is 4. The second kappa shape index (κ2) is 6.01. The predicted octanol–water partition coefficient (Wildman–Crippen LogP) is 4.12. The van der Waals surface area contributed by atoms with Crippen LogP contribution in [0.4, 0.5) is 0 Å². The Morgan fingerprint density at radius 1 is 1.04 bits per heavy atom. The van der Waals surface area contributed by atoms with Gasteiger partial charge < -0.3 is 13.9 Å². The molecule has 0 aliphatic carbocycles. The van der Waals surface area contributed by atoms with Gasteiger partial charge in [-0.15, -0.1) is 0 Å². The van der Waals surface area contributed by atoms with Crippen LogP contribution in [0.2, 0.25) is 0 Å². The summed E-state index contributed by atoms with van der Waals surface area (Å²) in [5.74, 6) is 1.44. The molecule has 0 bridgehead atoms. The fourth-order valence-corrected chi connectivity index (χ4v) is 2.57. The molecular weight excluding hydrogens is 292 g/mol. The molecule has 0 fully saturated rings. The Morgan fingerprint density at radius 2 is 1.74 bits per heavy atom. The van der Waals surface area contributed by atoms with Crippen LogP contribution in [0.25, 0.3) is 28.4 Å². The first-order valence-electron chi connectivity index (χ1n) is 7.10. The number of hydrogen-bond acceptors (Lipinski definition) is 4. The number of ether oxygens (including phenoxy) is 2. The molecule has 0 atom stereocenters. The number of fused-ring (bicyclic) bond motifs is 1. The summed E-state index contributed by atoms with van der Waals surface area (Å²) in [5.41, 5.74) is 1.68. The molecule has 4 nitrogen and oxygen atoms in total. The highest BCUT2D eigenvalue weighted by Gasteiger charge is 2.18. The monoisotopic (exact) mass is 308 g/mol. The fraction of sp³-hybridized carbons (Fsp3) is 0.105. The third-order valence-electron chi connectivity index (χ3n) is 3.67. The topological polar surface area (TPSA) is 48.7 Å². The van der Waals surface area contributed by atoms with Crippen LogP contribution in [0.5, 0.6) is 11.5 Å². The first-order chi connectivity index (χ1) is 11.2. The van der Waals surface area contributed by atoms with Gasteiger partial charge in [-0.2, -0.15) is 0 Å². The molecule has 0 aliphatic rings. The van der Waals surface area contributed by atoms with Gasteiger partial charge in [-0.1, -0.05) is 43.0 Å². The zero-order valence-electron chi connectivity index (χ0n) is 13.0. The summed E-state index contributed by atoms with van der Waals surface area (Å²) in [6.45, 7) is 3.79. The molecule has 0 saturated carbocycles. The van der Waals surface area contributed by atoms with E-state index in [0.29, 0.717) is 33.8 Å². The summed E-state index contributed by atoms with van der Waals surface area (Å²) in [4.78, 5) is 12.6. The van der Waals surface area contributed by atoms with Crippen LogP contribution in [0.1, 0.15) is 5.56 Å². The Kier molecular flexibility index (Phi) is 3.89. The lowest BCUT2D eigenvalue weighted by atomic mass is 10.1. The van der Waals surface area contributed by atoms with E-state index in [1.54, 1.807) is 19.3 Å². The molecule has 2 aromatic carbocycles. The highest BCUT2D eigenvalue weighted by molar-refractivity contribution is 5.93. The van der Waals surface area contributed by atoms with Crippen LogP contribution in [0.3, 0.4) is 0 Å². The zero-order valence-corrected chi connectivity index (χ0v) is 13.0. The minimum Gasteiger partial charge on any atom is -0.496 e. The van der Waals surface area contributed by atoms with Crippen molar-refractivity contribution < 1.29 is 13.9 Å². The summed E-state index contributed by atoms with van der Waals surface area (Å²) < 4.78 is 16.7. The smallest absolute Gasteiger partial charge is 0.197 e. The minimum absolute atomic E-state index is 0.173. The highest BCUT2D eigenvalue weighted by atomic mass is 16.5. The largest absolute Gasteiger partial charge is 0.496 e. The zero-order chi connectivity index (χ0) is 16.4. The molecule has 3 rings (SSSR count). The van der Waals surface area contributed by atoms with Crippen molar-refractivity contribution in [2.45, 2.75) is 0 Å². The summed E-state index contributed by atoms with van der Waals surface area (Å²) in [6, 6.07) is 12.6. The van der Waals surface area contributed by atoms with Gasteiger partial charge in [0.2, 0.25) is 0 Å². The highest BCUT2D eigenvalue weighted by Crippen LogP contribution is 2.36. The van der Waals surface area contributed by atoms with Gasteiger partial charge in [-0.05, 0) is 0 Å². The van der Waals surface area contributed by atoms with Crippen molar-refractivity contribution >= 4 is 17.0 Å². The third-order valence-corrected chi connectivity index (χ3v) is 3.67. The maximum Gasteiger partial charge on any atom is 0.197 e. The Bertz CT molecular complexity index is 923. The summed E-state index contributed by atoms with van der Waals surface area (Å²) in [5, 5.41) is 0.378. The van der Waals surface area contributed by atoms with Gasteiger partial charge in [0.05, 0.1) is 19.8 Å². The Balaban J connectivity index is 2.43. The van der Waals surface area contributed by atoms with E-state index in [9.17, 15) is 4.79 Å². The molecule has 0 saturated heterocycles. The van der Waals surface area contributed by atoms with E-state index in [1.807, 2.05) is 30.3 Å². The maximum atomic E-state index is 12.6. The molecular formula is C19H16O4. The normalized spacial score (nSPS) is 10.5. The van der Waals surface area contributed by atoms with Gasteiger partial charge in [0.15, 0.2) is 11.0 Å². The lowest BCUT2D eigenvalue weighted by molar-refractivity contribution is 0.395. The van der Waals surface area contributed by atoms with Crippen molar-refractivity contribution in [3.05, 3.63) is 64.8 Å². The first-order valence-corrected chi connectivity index (χ1v) is 7.10. The SMILES string of the molecule is C=Cc1c(OC)cc(OC)c2c(=O)cc(-c3ccccc3)oc12. The molecule has 4 heteroatoms. The van der Waals surface area contributed by atoms with Crippen LogP contribution < -0.4 is 14.9 Å². The van der Waals surface area contributed by atoms with E-state index in [0.717, 1.165) is 5.56 Å². The van der Waals surface area contributed by atoms with Crippen molar-refractivity contribution in [1.29, 1.82) is 0 Å². The van der Waals surface area contributed by atoms with Gasteiger partial charge in [0, 0.05) is 17.7 Å². The van der Waals surface area contributed by atoms with Crippen LogP contribution in [-0.4, -0.2) is 14.2 Å². The summed E-state index contributed by atoms with van der Waals surface area (Å²) >= 11 is 0. The lowest BCUT2D eigenvalue weighted by Gasteiger charge is -2.12. The van der Waals surface area contributed by atoms with Crippen molar-refractivity contribution in [3.8, 4) is 22.8 Å². The Hall–Kier alpha value is -3.01. The van der Waals surface area contributed by atoms with E-state index in [4.69, 9.17) is 13.9 Å². The molecule has 0 N–H and O–H groups in total. The molecule has 0 unspecified atom stereocenters. The third kappa shape index (κ3) is 2.48. The fourth-order valence-electron chi connectivity index (χ4n) is 2.57. The first kappa shape index (κ1) is 14.9. The molecule has 0 spiro atoms. The molecule has 0 amide bonds. The van der Waals surface area contributed by atoms with Crippen molar-refractivity contribution in [2.75, 3.05) is 14.2 Å². The summed E-state index contributed by atoms with van der Waals surface area (Å²) in [6.07, 6.45) is 1.61. The van der Waals surface area contributed by atoms with Gasteiger partial charge >= 0.3 is 0 Å². The molecule has 0 aliphatic heterocycles. The second-order valence-corrected chi connectivity index (χ2v) is 4.94. The van der Waals surface area contributed by atoms with E-state index in [1.165, 1.54) is 13.2 Å². The van der Waals surface area contributed by atoms with Gasteiger partial charge in [0.25, 0.3) is 0 Å². The van der Waals surface area contributed by atoms with E-state index >= 15 is 0 Å².